The van der Waals surface area contributed by atoms with E-state index in [0.717, 1.165) is 29.2 Å². The Morgan fingerprint density at radius 3 is 2.57 bits per heavy atom. The lowest BCUT2D eigenvalue weighted by molar-refractivity contribution is 0.320. The molecule has 0 saturated heterocycles. The van der Waals surface area contributed by atoms with Crippen molar-refractivity contribution in [1.29, 1.82) is 0 Å². The Labute approximate surface area is 135 Å². The number of aromatic nitrogens is 2. The highest BCUT2D eigenvalue weighted by molar-refractivity contribution is 9.08. The van der Waals surface area contributed by atoms with Crippen molar-refractivity contribution in [2.45, 2.75) is 31.5 Å². The van der Waals surface area contributed by atoms with Gasteiger partial charge in [-0.25, -0.2) is 4.68 Å². The number of hydrogen-bond acceptors (Lipinski definition) is 2. The first kappa shape index (κ1) is 14.6. The summed E-state index contributed by atoms with van der Waals surface area (Å²) in [6, 6.07) is 10.4. The fourth-order valence-corrected chi connectivity index (χ4v) is 3.65. The van der Waals surface area contributed by atoms with Crippen LogP contribution in [0.15, 0.2) is 30.3 Å². The van der Waals surface area contributed by atoms with Gasteiger partial charge in [-0.15, -0.1) is 0 Å². The molecule has 1 aromatic carbocycles. The highest BCUT2D eigenvalue weighted by atomic mass is 79.9. The molecule has 0 aliphatic heterocycles. The highest BCUT2D eigenvalue weighted by Crippen LogP contribution is 2.32. The Hall–Kier alpha value is -1.29. The average molecular weight is 348 g/mol. The summed E-state index contributed by atoms with van der Waals surface area (Å²) in [4.78, 5) is 2.38. The Morgan fingerprint density at radius 2 is 2.00 bits per heavy atom. The number of para-hydroxylation sites is 1. The van der Waals surface area contributed by atoms with Gasteiger partial charge in [0, 0.05) is 24.5 Å². The number of rotatable bonds is 5. The predicted octanol–water partition coefficient (Wildman–Crippen LogP) is 4.31. The van der Waals surface area contributed by atoms with E-state index in [1.54, 1.807) is 0 Å². The second-order valence-corrected chi connectivity index (χ2v) is 6.51. The molecule has 0 amide bonds. The minimum absolute atomic E-state index is 0.843. The van der Waals surface area contributed by atoms with Crippen molar-refractivity contribution in [3.05, 3.63) is 41.6 Å². The van der Waals surface area contributed by atoms with Crippen molar-refractivity contribution in [2.24, 2.45) is 5.92 Å². The van der Waals surface area contributed by atoms with Crippen LogP contribution in [0, 0.1) is 12.8 Å². The van der Waals surface area contributed by atoms with Crippen LogP contribution < -0.4 is 4.90 Å². The molecule has 0 atom stereocenters. The number of halogens is 1. The Kier molecular flexibility index (Phi) is 4.34. The van der Waals surface area contributed by atoms with Gasteiger partial charge >= 0.3 is 0 Å². The van der Waals surface area contributed by atoms with E-state index in [9.17, 15) is 0 Å². The normalized spacial score (nSPS) is 15.0. The van der Waals surface area contributed by atoms with E-state index >= 15 is 0 Å². The Balaban J connectivity index is 1.99. The number of benzene rings is 1. The maximum absolute atomic E-state index is 4.77. The molecular weight excluding hydrogens is 326 g/mol. The summed E-state index contributed by atoms with van der Waals surface area (Å²) in [7, 11) is 2.19. The summed E-state index contributed by atoms with van der Waals surface area (Å²) in [6.45, 7) is 3.22. The largest absolute Gasteiger partial charge is 0.359 e. The van der Waals surface area contributed by atoms with Gasteiger partial charge in [0.2, 0.25) is 0 Å². The van der Waals surface area contributed by atoms with Crippen LogP contribution in [0.4, 0.5) is 5.82 Å². The zero-order chi connectivity index (χ0) is 14.8. The molecule has 0 bridgehead atoms. The quantitative estimate of drug-likeness (QED) is 0.751. The first-order chi connectivity index (χ1) is 10.2. The van der Waals surface area contributed by atoms with E-state index in [4.69, 9.17) is 5.10 Å². The number of nitrogens with zero attached hydrogens (tertiary/aromatic N) is 3. The summed E-state index contributed by atoms with van der Waals surface area (Å²) in [5, 5.41) is 5.61. The molecule has 1 saturated carbocycles. The van der Waals surface area contributed by atoms with Gasteiger partial charge in [-0.3, -0.25) is 0 Å². The first-order valence-electron chi connectivity index (χ1n) is 7.61. The highest BCUT2D eigenvalue weighted by Gasteiger charge is 2.24. The van der Waals surface area contributed by atoms with Gasteiger partial charge in [0.05, 0.1) is 11.4 Å². The lowest BCUT2D eigenvalue weighted by atomic mass is 9.85. The third-order valence-corrected chi connectivity index (χ3v) is 4.97. The van der Waals surface area contributed by atoms with E-state index < -0.39 is 0 Å². The summed E-state index contributed by atoms with van der Waals surface area (Å²) < 4.78 is 2.09. The molecule has 2 aromatic rings. The molecule has 3 rings (SSSR count). The molecule has 0 spiro atoms. The topological polar surface area (TPSA) is 21.1 Å². The summed E-state index contributed by atoms with van der Waals surface area (Å²) in [5.41, 5.74) is 3.52. The Morgan fingerprint density at radius 1 is 1.29 bits per heavy atom. The van der Waals surface area contributed by atoms with E-state index in [-0.39, 0.29) is 0 Å². The third kappa shape index (κ3) is 2.86. The van der Waals surface area contributed by atoms with Crippen LogP contribution in [0.1, 0.15) is 30.5 Å². The standard InChI is InChI=1S/C17H22BrN3/c1-13-16(11-18)17(20(2)12-14-7-6-8-14)21(19-13)15-9-4-3-5-10-15/h3-5,9-10,14H,6-8,11-12H2,1-2H3. The maximum atomic E-state index is 4.77. The van der Waals surface area contributed by atoms with Gasteiger partial charge in [0.1, 0.15) is 5.82 Å². The van der Waals surface area contributed by atoms with E-state index in [0.29, 0.717) is 0 Å². The van der Waals surface area contributed by atoms with Gasteiger partial charge < -0.3 is 4.90 Å². The molecule has 1 aromatic heterocycles. The fourth-order valence-electron chi connectivity index (χ4n) is 2.99. The molecule has 1 heterocycles. The lowest BCUT2D eigenvalue weighted by Crippen LogP contribution is -2.31. The molecule has 21 heavy (non-hydrogen) atoms. The summed E-state index contributed by atoms with van der Waals surface area (Å²) in [5.74, 6) is 2.07. The molecule has 0 radical (unpaired) electrons. The number of anilines is 1. The van der Waals surface area contributed by atoms with Crippen LogP contribution >= 0.6 is 15.9 Å². The molecule has 0 N–H and O–H groups in total. The minimum Gasteiger partial charge on any atom is -0.359 e. The van der Waals surface area contributed by atoms with Crippen LogP contribution in [0.3, 0.4) is 0 Å². The van der Waals surface area contributed by atoms with Crippen molar-refractivity contribution in [3.8, 4) is 5.69 Å². The SMILES string of the molecule is Cc1nn(-c2ccccc2)c(N(C)CC2CCC2)c1CBr. The first-order valence-corrected chi connectivity index (χ1v) is 8.74. The monoisotopic (exact) mass is 347 g/mol. The average Bonchev–Trinajstić information content (AvgIpc) is 2.80. The molecule has 3 nitrogen and oxygen atoms in total. The van der Waals surface area contributed by atoms with E-state index in [2.05, 4.69) is 63.7 Å². The molecule has 4 heteroatoms. The Bertz CT molecular complexity index is 602. The molecule has 0 unspecified atom stereocenters. The molecule has 112 valence electrons. The van der Waals surface area contributed by atoms with Crippen LogP contribution in [-0.2, 0) is 5.33 Å². The molecular formula is C17H22BrN3. The van der Waals surface area contributed by atoms with Gasteiger partial charge in [-0.2, -0.15) is 5.10 Å². The second kappa shape index (κ2) is 6.22. The van der Waals surface area contributed by atoms with Gasteiger partial charge in [0.15, 0.2) is 0 Å². The van der Waals surface area contributed by atoms with Crippen molar-refractivity contribution in [2.75, 3.05) is 18.5 Å². The number of alkyl halides is 1. The number of aryl methyl sites for hydroxylation is 1. The minimum atomic E-state index is 0.843. The van der Waals surface area contributed by atoms with Gasteiger partial charge in [0.25, 0.3) is 0 Å². The lowest BCUT2D eigenvalue weighted by Gasteiger charge is -2.32. The van der Waals surface area contributed by atoms with Crippen LogP contribution in [0.25, 0.3) is 5.69 Å². The molecule has 1 aliphatic rings. The van der Waals surface area contributed by atoms with Crippen LogP contribution in [0.5, 0.6) is 0 Å². The summed E-state index contributed by atoms with van der Waals surface area (Å²) in [6.07, 6.45) is 4.12. The molecule has 1 fully saturated rings. The zero-order valence-electron chi connectivity index (χ0n) is 12.7. The smallest absolute Gasteiger partial charge is 0.136 e. The summed E-state index contributed by atoms with van der Waals surface area (Å²) >= 11 is 3.63. The zero-order valence-corrected chi connectivity index (χ0v) is 14.3. The predicted molar refractivity (Wildman–Crippen MR) is 91.5 cm³/mol. The van der Waals surface area contributed by atoms with Crippen LogP contribution in [0.2, 0.25) is 0 Å². The van der Waals surface area contributed by atoms with Crippen molar-refractivity contribution >= 4 is 21.7 Å². The maximum Gasteiger partial charge on any atom is 0.136 e. The van der Waals surface area contributed by atoms with Crippen molar-refractivity contribution < 1.29 is 0 Å². The van der Waals surface area contributed by atoms with Crippen molar-refractivity contribution in [1.82, 2.24) is 9.78 Å². The van der Waals surface area contributed by atoms with Gasteiger partial charge in [-0.1, -0.05) is 40.5 Å². The van der Waals surface area contributed by atoms with E-state index in [1.165, 1.54) is 30.6 Å². The van der Waals surface area contributed by atoms with Crippen LogP contribution in [-0.4, -0.2) is 23.4 Å². The third-order valence-electron chi connectivity index (χ3n) is 4.41. The van der Waals surface area contributed by atoms with Crippen molar-refractivity contribution in [3.63, 3.8) is 0 Å². The molecule has 1 aliphatic carbocycles. The second-order valence-electron chi connectivity index (χ2n) is 5.95. The number of hydrogen-bond donors (Lipinski definition) is 0. The van der Waals surface area contributed by atoms with E-state index in [1.807, 2.05) is 6.07 Å². The van der Waals surface area contributed by atoms with Gasteiger partial charge in [-0.05, 0) is 37.8 Å². The fraction of sp³-hybridized carbons (Fsp3) is 0.471.